The van der Waals surface area contributed by atoms with Gasteiger partial charge in [-0.25, -0.2) is 0 Å². The van der Waals surface area contributed by atoms with Gasteiger partial charge in [-0.1, -0.05) is 29.8 Å². The minimum Gasteiger partial charge on any atom is -0.367 e. The van der Waals surface area contributed by atoms with Crippen LogP contribution < -0.4 is 5.32 Å². The summed E-state index contributed by atoms with van der Waals surface area (Å²) in [6.45, 7) is -0.282. The van der Waals surface area contributed by atoms with Gasteiger partial charge in [-0.15, -0.1) is 5.10 Å². The van der Waals surface area contributed by atoms with E-state index in [9.17, 15) is 18.0 Å². The molecule has 0 saturated carbocycles. The van der Waals surface area contributed by atoms with Crippen LogP contribution in [0.25, 0.3) is 0 Å². The lowest BCUT2D eigenvalue weighted by Gasteiger charge is -2.05. The second-order valence-electron chi connectivity index (χ2n) is 4.14. The van der Waals surface area contributed by atoms with E-state index in [0.717, 1.165) is 0 Å². The van der Waals surface area contributed by atoms with Crippen molar-refractivity contribution < 1.29 is 22.7 Å². The van der Waals surface area contributed by atoms with Crippen LogP contribution in [-0.4, -0.2) is 27.7 Å². The summed E-state index contributed by atoms with van der Waals surface area (Å²) in [6.07, 6.45) is -4.66. The fourth-order valence-corrected chi connectivity index (χ4v) is 1.66. The van der Waals surface area contributed by atoms with Gasteiger partial charge >= 0.3 is 6.18 Å². The molecule has 2 N–H and O–H groups in total. The molecule has 118 valence electrons. The molecule has 0 fully saturated rings. The third kappa shape index (κ3) is 4.43. The van der Waals surface area contributed by atoms with Gasteiger partial charge in [-0.2, -0.15) is 18.2 Å². The highest BCUT2D eigenvalue weighted by molar-refractivity contribution is 6.31. The van der Waals surface area contributed by atoms with Crippen LogP contribution in [0.15, 0.2) is 24.3 Å². The van der Waals surface area contributed by atoms with Crippen molar-refractivity contribution in [2.45, 2.75) is 12.8 Å². The van der Waals surface area contributed by atoms with Crippen LogP contribution in [0.2, 0.25) is 5.02 Å². The summed E-state index contributed by atoms with van der Waals surface area (Å²) >= 11 is 5.90. The summed E-state index contributed by atoms with van der Waals surface area (Å²) in [4.78, 5) is 14.6. The molecule has 0 bridgehead atoms. The molecule has 0 radical (unpaired) electrons. The molecule has 1 aromatic heterocycles. The highest BCUT2D eigenvalue weighted by atomic mass is 35.5. The molecule has 0 aliphatic heterocycles. The van der Waals surface area contributed by atoms with Crippen LogP contribution in [0.1, 0.15) is 11.4 Å². The van der Waals surface area contributed by atoms with E-state index >= 15 is 0 Å². The molecule has 1 aromatic carbocycles. The van der Waals surface area contributed by atoms with Crippen molar-refractivity contribution in [3.8, 4) is 0 Å². The Balaban J connectivity index is 1.81. The Bertz CT molecular complexity index is 660. The normalized spacial score (nSPS) is 11.5. The van der Waals surface area contributed by atoms with Crippen molar-refractivity contribution in [1.82, 2.24) is 15.2 Å². The average molecular weight is 335 g/mol. The van der Waals surface area contributed by atoms with E-state index in [1.807, 2.05) is 0 Å². The van der Waals surface area contributed by atoms with Crippen molar-refractivity contribution in [3.63, 3.8) is 0 Å². The van der Waals surface area contributed by atoms with E-state index in [1.54, 1.807) is 29.4 Å². The van der Waals surface area contributed by atoms with Crippen LogP contribution in [-0.2, 0) is 22.3 Å². The van der Waals surface area contributed by atoms with Gasteiger partial charge in [0.1, 0.15) is 6.61 Å². The number of amides is 1. The molecule has 2 aromatic rings. The zero-order chi connectivity index (χ0) is 16.2. The molecule has 10 heteroatoms. The Hall–Kier alpha value is -2.13. The van der Waals surface area contributed by atoms with Crippen LogP contribution in [0.3, 0.4) is 0 Å². The number of nitrogens with one attached hydrogen (secondary N) is 2. The van der Waals surface area contributed by atoms with Gasteiger partial charge in [0.15, 0.2) is 0 Å². The lowest BCUT2D eigenvalue weighted by molar-refractivity contribution is -0.144. The van der Waals surface area contributed by atoms with Crippen LogP contribution >= 0.6 is 11.6 Å². The lowest BCUT2D eigenvalue weighted by Crippen LogP contribution is -2.19. The second-order valence-corrected chi connectivity index (χ2v) is 4.54. The number of H-pyrrole nitrogens is 1. The number of hydrogen-bond acceptors (Lipinski definition) is 4. The second kappa shape index (κ2) is 6.75. The first-order valence-electron chi connectivity index (χ1n) is 5.97. The summed E-state index contributed by atoms with van der Waals surface area (Å²) in [7, 11) is 0. The molecule has 0 aliphatic rings. The summed E-state index contributed by atoms with van der Waals surface area (Å²) in [5.74, 6) is -2.45. The minimum absolute atomic E-state index is 0.0922. The molecule has 0 aliphatic carbocycles. The van der Waals surface area contributed by atoms with Gasteiger partial charge in [0, 0.05) is 5.02 Å². The number of carbonyl (C=O) groups is 1. The molecule has 2 rings (SSSR count). The lowest BCUT2D eigenvalue weighted by atomic mass is 10.2. The van der Waals surface area contributed by atoms with Crippen molar-refractivity contribution >= 4 is 23.5 Å². The zero-order valence-corrected chi connectivity index (χ0v) is 11.7. The number of alkyl halides is 3. The van der Waals surface area contributed by atoms with Gasteiger partial charge in [0.05, 0.1) is 6.61 Å². The standard InChI is InChI=1S/C12H10ClF3N4O2/c13-8-4-2-1-3-7(8)5-22-6-9(21)17-11-18-10(19-20-11)12(14,15)16/h1-4H,5-6H2,(H2,17,18,19,20,21). The molecule has 1 heterocycles. The molecular weight excluding hydrogens is 325 g/mol. The quantitative estimate of drug-likeness (QED) is 0.881. The van der Waals surface area contributed by atoms with E-state index < -0.39 is 23.9 Å². The smallest absolute Gasteiger partial charge is 0.367 e. The predicted molar refractivity (Wildman–Crippen MR) is 71.1 cm³/mol. The zero-order valence-electron chi connectivity index (χ0n) is 10.9. The topological polar surface area (TPSA) is 79.9 Å². The van der Waals surface area contributed by atoms with Crippen molar-refractivity contribution in [1.29, 1.82) is 0 Å². The maximum atomic E-state index is 12.3. The molecule has 6 nitrogen and oxygen atoms in total. The van der Waals surface area contributed by atoms with E-state index in [0.29, 0.717) is 10.6 Å². The Morgan fingerprint density at radius 2 is 2.09 bits per heavy atom. The SMILES string of the molecule is O=C(COCc1ccccc1Cl)Nc1n[nH]c(C(F)(F)F)n1. The molecule has 22 heavy (non-hydrogen) atoms. The summed E-state index contributed by atoms with van der Waals surface area (Å²) in [5.41, 5.74) is 0.689. The number of halogens is 4. The third-order valence-corrected chi connectivity index (χ3v) is 2.82. The predicted octanol–water partition coefficient (Wildman–Crippen LogP) is 2.63. The van der Waals surface area contributed by atoms with E-state index in [-0.39, 0.29) is 13.2 Å². The number of aromatic nitrogens is 3. The maximum Gasteiger partial charge on any atom is 0.451 e. The fourth-order valence-electron chi connectivity index (χ4n) is 1.47. The Kier molecular flexibility index (Phi) is 4.99. The monoisotopic (exact) mass is 334 g/mol. The first kappa shape index (κ1) is 16.2. The number of anilines is 1. The number of nitrogens with zero attached hydrogens (tertiary/aromatic N) is 2. The summed E-state index contributed by atoms with van der Waals surface area (Å²) in [5, 5.41) is 7.50. The Labute approximate surface area is 127 Å². The van der Waals surface area contributed by atoms with Crippen LogP contribution in [0, 0.1) is 0 Å². The minimum atomic E-state index is -4.66. The average Bonchev–Trinajstić information content (AvgIpc) is 2.89. The van der Waals surface area contributed by atoms with Gasteiger partial charge < -0.3 is 4.74 Å². The molecule has 0 unspecified atom stereocenters. The van der Waals surface area contributed by atoms with Crippen LogP contribution in [0.4, 0.5) is 19.1 Å². The maximum absolute atomic E-state index is 12.3. The molecule has 0 atom stereocenters. The summed E-state index contributed by atoms with van der Waals surface area (Å²) < 4.78 is 42.0. The number of ether oxygens (including phenoxy) is 1. The van der Waals surface area contributed by atoms with Crippen molar-refractivity contribution in [2.24, 2.45) is 0 Å². The third-order valence-electron chi connectivity index (χ3n) is 2.45. The molecular formula is C12H10ClF3N4O2. The van der Waals surface area contributed by atoms with Gasteiger partial charge in [0.2, 0.25) is 11.8 Å². The van der Waals surface area contributed by atoms with E-state index in [4.69, 9.17) is 16.3 Å². The number of benzene rings is 1. The Morgan fingerprint density at radius 3 is 2.73 bits per heavy atom. The van der Waals surface area contributed by atoms with Crippen molar-refractivity contribution in [3.05, 3.63) is 40.7 Å². The van der Waals surface area contributed by atoms with Gasteiger partial charge in [-0.05, 0) is 11.6 Å². The van der Waals surface area contributed by atoms with Crippen molar-refractivity contribution in [2.75, 3.05) is 11.9 Å². The first-order valence-corrected chi connectivity index (χ1v) is 6.34. The highest BCUT2D eigenvalue weighted by Crippen LogP contribution is 2.26. The number of aromatic amines is 1. The number of rotatable bonds is 5. The molecule has 0 saturated heterocycles. The van der Waals surface area contributed by atoms with E-state index in [1.165, 1.54) is 0 Å². The Morgan fingerprint density at radius 1 is 1.36 bits per heavy atom. The highest BCUT2D eigenvalue weighted by Gasteiger charge is 2.35. The molecule has 1 amide bonds. The largest absolute Gasteiger partial charge is 0.451 e. The van der Waals surface area contributed by atoms with Gasteiger partial charge in [-0.3, -0.25) is 15.2 Å². The molecule has 0 spiro atoms. The fraction of sp³-hybridized carbons (Fsp3) is 0.250. The van der Waals surface area contributed by atoms with Crippen LogP contribution in [0.5, 0.6) is 0 Å². The van der Waals surface area contributed by atoms with E-state index in [2.05, 4.69) is 15.4 Å². The number of hydrogen-bond donors (Lipinski definition) is 2. The summed E-state index contributed by atoms with van der Waals surface area (Å²) in [6, 6.07) is 6.91. The first-order chi connectivity index (χ1) is 10.4. The van der Waals surface area contributed by atoms with Gasteiger partial charge in [0.25, 0.3) is 5.91 Å². The number of carbonyl (C=O) groups excluding carboxylic acids is 1.